The molecule has 0 spiro atoms. The lowest BCUT2D eigenvalue weighted by atomic mass is 10.0. The normalized spacial score (nSPS) is 11.0. The molecule has 0 saturated carbocycles. The minimum absolute atomic E-state index is 0.0233. The van der Waals surface area contributed by atoms with Crippen LogP contribution in [0, 0.1) is 6.92 Å². The van der Waals surface area contributed by atoms with Crippen LogP contribution in [0.5, 0.6) is 11.5 Å². The van der Waals surface area contributed by atoms with Crippen molar-refractivity contribution in [3.8, 4) is 22.6 Å². The topological polar surface area (TPSA) is 77.2 Å². The first-order chi connectivity index (χ1) is 12.3. The van der Waals surface area contributed by atoms with Crippen molar-refractivity contribution in [1.29, 1.82) is 0 Å². The van der Waals surface area contributed by atoms with Crippen LogP contribution in [0.4, 0.5) is 0 Å². The minimum atomic E-state index is -0.525. The Morgan fingerprint density at radius 2 is 1.92 bits per heavy atom. The predicted molar refractivity (Wildman–Crippen MR) is 103 cm³/mol. The maximum Gasteiger partial charge on any atom is 0.278 e. The van der Waals surface area contributed by atoms with Crippen molar-refractivity contribution in [3.05, 3.63) is 53.8 Å². The molecular formula is C16H12Cl3N3O3S. The molecule has 136 valence electrons. The maximum absolute atomic E-state index is 12.6. The number of hydrogen-bond donors (Lipinski definition) is 1. The number of aromatic hydroxyl groups is 1. The van der Waals surface area contributed by atoms with Gasteiger partial charge in [-0.1, -0.05) is 34.8 Å². The average molecular weight is 433 g/mol. The fourth-order valence-corrected chi connectivity index (χ4v) is 3.73. The number of thiazole rings is 1. The van der Waals surface area contributed by atoms with E-state index < -0.39 is 5.56 Å². The fraction of sp³-hybridized carbons (Fsp3) is 0.188. The molecule has 0 aliphatic heterocycles. The third kappa shape index (κ3) is 3.53. The van der Waals surface area contributed by atoms with Gasteiger partial charge in [0, 0.05) is 13.2 Å². The lowest BCUT2D eigenvalue weighted by Crippen LogP contribution is -2.22. The van der Waals surface area contributed by atoms with Crippen molar-refractivity contribution in [1.82, 2.24) is 14.8 Å². The molecule has 0 radical (unpaired) electrons. The van der Waals surface area contributed by atoms with E-state index in [1.54, 1.807) is 19.2 Å². The number of aryl methyl sites for hydroxylation is 2. The van der Waals surface area contributed by atoms with Gasteiger partial charge in [0.2, 0.25) is 0 Å². The summed E-state index contributed by atoms with van der Waals surface area (Å²) in [6.07, 6.45) is 1.58. The van der Waals surface area contributed by atoms with Crippen molar-refractivity contribution >= 4 is 46.1 Å². The smallest absolute Gasteiger partial charge is 0.278 e. The summed E-state index contributed by atoms with van der Waals surface area (Å²) in [4.78, 5) is 17.3. The summed E-state index contributed by atoms with van der Waals surface area (Å²) in [5.41, 5.74) is -0.0653. The third-order valence-corrected chi connectivity index (χ3v) is 5.28. The van der Waals surface area contributed by atoms with E-state index in [0.717, 1.165) is 9.56 Å². The number of benzene rings is 1. The van der Waals surface area contributed by atoms with E-state index >= 15 is 0 Å². The van der Waals surface area contributed by atoms with E-state index in [-0.39, 0.29) is 45.0 Å². The highest BCUT2D eigenvalue weighted by Crippen LogP contribution is 2.44. The van der Waals surface area contributed by atoms with Crippen molar-refractivity contribution in [2.75, 3.05) is 0 Å². The number of aromatic nitrogens is 3. The van der Waals surface area contributed by atoms with Gasteiger partial charge >= 0.3 is 0 Å². The van der Waals surface area contributed by atoms with Crippen LogP contribution in [-0.2, 0) is 13.7 Å². The van der Waals surface area contributed by atoms with E-state index in [1.165, 1.54) is 24.5 Å². The van der Waals surface area contributed by atoms with Gasteiger partial charge in [-0.2, -0.15) is 5.10 Å². The fourth-order valence-electron chi connectivity index (χ4n) is 2.39. The Morgan fingerprint density at radius 1 is 1.23 bits per heavy atom. The second kappa shape index (κ2) is 7.44. The van der Waals surface area contributed by atoms with E-state index in [0.29, 0.717) is 4.47 Å². The van der Waals surface area contributed by atoms with Crippen LogP contribution in [-0.4, -0.2) is 19.9 Å². The lowest BCUT2D eigenvalue weighted by Gasteiger charge is -2.16. The van der Waals surface area contributed by atoms with Gasteiger partial charge in [-0.25, -0.2) is 9.67 Å². The molecule has 2 aromatic heterocycles. The van der Waals surface area contributed by atoms with Crippen molar-refractivity contribution < 1.29 is 9.84 Å². The van der Waals surface area contributed by atoms with Crippen molar-refractivity contribution in [2.45, 2.75) is 13.5 Å². The van der Waals surface area contributed by atoms with Crippen LogP contribution < -0.4 is 10.3 Å². The Bertz CT molecular complexity index is 1050. The molecule has 0 bridgehead atoms. The predicted octanol–water partition coefficient (Wildman–Crippen LogP) is 4.46. The molecule has 1 N–H and O–H groups in total. The second-order valence-electron chi connectivity index (χ2n) is 5.34. The maximum atomic E-state index is 12.6. The van der Waals surface area contributed by atoms with Crippen LogP contribution in [0.1, 0.15) is 10.6 Å². The number of halogens is 3. The largest absolute Gasteiger partial charge is 0.505 e. The first kappa shape index (κ1) is 19.0. The number of ether oxygens (including phenoxy) is 1. The zero-order chi connectivity index (χ0) is 19.0. The van der Waals surface area contributed by atoms with Gasteiger partial charge in [-0.3, -0.25) is 4.79 Å². The van der Waals surface area contributed by atoms with Gasteiger partial charge in [0.15, 0.2) is 10.2 Å². The molecule has 0 saturated heterocycles. The summed E-state index contributed by atoms with van der Waals surface area (Å²) in [6.45, 7) is 1.71. The van der Waals surface area contributed by atoms with Gasteiger partial charge in [0.1, 0.15) is 18.1 Å². The molecule has 3 rings (SSSR count). The number of rotatable bonds is 4. The Labute approximate surface area is 167 Å². The lowest BCUT2D eigenvalue weighted by molar-refractivity contribution is 0.311. The summed E-state index contributed by atoms with van der Waals surface area (Å²) >= 11 is 19.7. The third-order valence-electron chi connectivity index (χ3n) is 3.58. The molecule has 0 atom stereocenters. The highest BCUT2D eigenvalue weighted by atomic mass is 35.5. The van der Waals surface area contributed by atoms with Crippen LogP contribution in [0.25, 0.3) is 11.1 Å². The van der Waals surface area contributed by atoms with Gasteiger partial charge in [0.25, 0.3) is 5.56 Å². The zero-order valence-corrected chi connectivity index (χ0v) is 16.7. The molecule has 10 heteroatoms. The Morgan fingerprint density at radius 3 is 2.58 bits per heavy atom. The molecule has 1 aromatic carbocycles. The van der Waals surface area contributed by atoms with Crippen LogP contribution >= 0.6 is 46.1 Å². The Balaban J connectivity index is 2.17. The van der Waals surface area contributed by atoms with E-state index in [4.69, 9.17) is 39.5 Å². The van der Waals surface area contributed by atoms with Gasteiger partial charge in [0.05, 0.1) is 26.0 Å². The second-order valence-corrected chi connectivity index (χ2v) is 7.85. The van der Waals surface area contributed by atoms with E-state index in [9.17, 15) is 9.90 Å². The van der Waals surface area contributed by atoms with Gasteiger partial charge in [-0.05, 0) is 19.1 Å². The monoisotopic (exact) mass is 431 g/mol. The molecular weight excluding hydrogens is 421 g/mol. The molecule has 0 aliphatic carbocycles. The average Bonchev–Trinajstić information content (AvgIpc) is 3.01. The highest BCUT2D eigenvalue weighted by molar-refractivity contribution is 7.15. The first-order valence-corrected chi connectivity index (χ1v) is 9.23. The number of nitrogens with zero attached hydrogens (tertiary/aromatic N) is 3. The van der Waals surface area contributed by atoms with Crippen LogP contribution in [0.3, 0.4) is 0 Å². The summed E-state index contributed by atoms with van der Waals surface area (Å²) in [5.74, 6) is -0.0929. The van der Waals surface area contributed by atoms with Gasteiger partial charge < -0.3 is 9.84 Å². The zero-order valence-electron chi connectivity index (χ0n) is 13.6. The number of hydrogen-bond acceptors (Lipinski definition) is 6. The van der Waals surface area contributed by atoms with Crippen LogP contribution in [0.2, 0.25) is 14.5 Å². The van der Waals surface area contributed by atoms with E-state index in [1.807, 2.05) is 0 Å². The first-order valence-electron chi connectivity index (χ1n) is 7.27. The molecule has 26 heavy (non-hydrogen) atoms. The molecule has 6 nitrogen and oxygen atoms in total. The van der Waals surface area contributed by atoms with E-state index in [2.05, 4.69) is 10.1 Å². The quantitative estimate of drug-likeness (QED) is 0.659. The van der Waals surface area contributed by atoms with Gasteiger partial charge in [-0.15, -0.1) is 11.3 Å². The summed E-state index contributed by atoms with van der Waals surface area (Å²) in [6, 6.07) is 3.09. The Kier molecular flexibility index (Phi) is 5.43. The highest BCUT2D eigenvalue weighted by Gasteiger charge is 2.23. The molecule has 0 fully saturated rings. The minimum Gasteiger partial charge on any atom is -0.505 e. The SMILES string of the molecule is Cc1nn(C)c(=O)c(-c2c(Cl)ccc(Cl)c2OCc2cnc(Cl)s2)c1O. The summed E-state index contributed by atoms with van der Waals surface area (Å²) in [5, 5.41) is 14.8. The summed E-state index contributed by atoms with van der Waals surface area (Å²) in [7, 11) is 1.48. The Hall–Kier alpha value is -1.80. The van der Waals surface area contributed by atoms with Crippen LogP contribution in [0.15, 0.2) is 23.1 Å². The van der Waals surface area contributed by atoms with Crippen molar-refractivity contribution in [3.63, 3.8) is 0 Å². The molecule has 0 unspecified atom stereocenters. The standard InChI is InChI=1S/C16H12Cl3N3O3S/c1-7-13(23)12(15(24)22(2)21-7)11-9(17)3-4-10(18)14(11)25-6-8-5-20-16(19)26-8/h3-5,23H,6H2,1-2H3. The van der Waals surface area contributed by atoms with Crippen molar-refractivity contribution in [2.24, 2.45) is 7.05 Å². The summed E-state index contributed by atoms with van der Waals surface area (Å²) < 4.78 is 7.31. The molecule has 2 heterocycles. The molecule has 0 aliphatic rings. The molecule has 3 aromatic rings. The molecule has 0 amide bonds.